The number of imide groups is 2. The number of nitrogens with zero attached hydrogens (tertiary/aromatic N) is 2. The van der Waals surface area contributed by atoms with Crippen molar-refractivity contribution in [2.45, 2.75) is 24.7 Å². The maximum absolute atomic E-state index is 13.8. The van der Waals surface area contributed by atoms with Gasteiger partial charge in [-0.25, -0.2) is 17.6 Å². The van der Waals surface area contributed by atoms with Crippen LogP contribution in [-0.2, 0) is 19.2 Å². The average molecular weight is 348 g/mol. The van der Waals surface area contributed by atoms with E-state index in [-0.39, 0.29) is 4.90 Å². The molecule has 4 amide bonds. The van der Waals surface area contributed by atoms with Gasteiger partial charge in [-0.15, -0.1) is 0 Å². The van der Waals surface area contributed by atoms with Crippen molar-refractivity contribution in [3.63, 3.8) is 0 Å². The Labute approximate surface area is 133 Å². The molecule has 0 aliphatic carbocycles. The summed E-state index contributed by atoms with van der Waals surface area (Å²) in [5.41, 5.74) is 0. The van der Waals surface area contributed by atoms with Gasteiger partial charge in [-0.05, 0) is 0 Å². The predicted molar refractivity (Wildman–Crippen MR) is 70.8 cm³/mol. The van der Waals surface area contributed by atoms with Gasteiger partial charge < -0.3 is 0 Å². The van der Waals surface area contributed by atoms with Crippen molar-refractivity contribution in [2.24, 2.45) is 0 Å². The van der Waals surface area contributed by atoms with E-state index in [0.717, 1.165) is 24.3 Å². The fourth-order valence-electron chi connectivity index (χ4n) is 2.27. The molecule has 0 saturated heterocycles. The largest absolute Gasteiger partial charge is 0.275 e. The minimum atomic E-state index is -4.02. The van der Waals surface area contributed by atoms with Crippen LogP contribution < -0.4 is 0 Å². The Bertz CT molecular complexity index is 621. The summed E-state index contributed by atoms with van der Waals surface area (Å²) in [7, 11) is 0. The number of carbonyl (C=O) groups excluding carboxylic acids is 4. The van der Waals surface area contributed by atoms with Gasteiger partial charge in [-0.2, -0.15) is 0 Å². The van der Waals surface area contributed by atoms with E-state index in [9.17, 15) is 36.7 Å². The summed E-state index contributed by atoms with van der Waals surface area (Å²) >= 11 is 0. The molecule has 6 nitrogen and oxygen atoms in total. The van der Waals surface area contributed by atoms with Crippen LogP contribution in [0.3, 0.4) is 0 Å². The highest BCUT2D eigenvalue weighted by Crippen LogP contribution is 2.34. The van der Waals surface area contributed by atoms with Gasteiger partial charge in [0.15, 0.2) is 0 Å². The number of amides is 4. The SMILES string of the molecule is O=C1C=CC(=O)N1CCC(F)(F)CC(F)(F)CN1C(=O)C=CC1=O. The third kappa shape index (κ3) is 4.06. The molecule has 0 aromatic rings. The van der Waals surface area contributed by atoms with Gasteiger partial charge in [-0.1, -0.05) is 0 Å². The molecule has 0 fully saturated rings. The zero-order chi connectivity index (χ0) is 18.1. The Morgan fingerprint density at radius 1 is 0.708 bits per heavy atom. The minimum Gasteiger partial charge on any atom is -0.275 e. The van der Waals surface area contributed by atoms with Gasteiger partial charge in [0.2, 0.25) is 0 Å². The van der Waals surface area contributed by atoms with Gasteiger partial charge in [0.05, 0.1) is 13.0 Å². The summed E-state index contributed by atoms with van der Waals surface area (Å²) in [6.45, 7) is -2.17. The molecule has 2 rings (SSSR count). The van der Waals surface area contributed by atoms with E-state index in [1.54, 1.807) is 0 Å². The van der Waals surface area contributed by atoms with E-state index in [4.69, 9.17) is 0 Å². The van der Waals surface area contributed by atoms with Gasteiger partial charge in [0.1, 0.15) is 0 Å². The van der Waals surface area contributed by atoms with Crippen molar-refractivity contribution in [3.05, 3.63) is 24.3 Å². The van der Waals surface area contributed by atoms with E-state index >= 15 is 0 Å². The van der Waals surface area contributed by atoms with Crippen LogP contribution >= 0.6 is 0 Å². The highest BCUT2D eigenvalue weighted by molar-refractivity contribution is 6.13. The van der Waals surface area contributed by atoms with Crippen LogP contribution in [0.25, 0.3) is 0 Å². The van der Waals surface area contributed by atoms with Crippen molar-refractivity contribution >= 4 is 23.6 Å². The lowest BCUT2D eigenvalue weighted by Gasteiger charge is -2.27. The summed E-state index contributed by atoms with van der Waals surface area (Å²) in [6.07, 6.45) is 0.268. The van der Waals surface area contributed by atoms with Crippen LogP contribution in [0.1, 0.15) is 12.8 Å². The Balaban J connectivity index is 1.92. The van der Waals surface area contributed by atoms with E-state index in [2.05, 4.69) is 0 Å². The predicted octanol–water partition coefficient (Wildman–Crippen LogP) is 0.887. The van der Waals surface area contributed by atoms with Crippen molar-refractivity contribution in [1.29, 1.82) is 0 Å². The van der Waals surface area contributed by atoms with Crippen LogP contribution in [0.2, 0.25) is 0 Å². The highest BCUT2D eigenvalue weighted by Gasteiger charge is 2.46. The highest BCUT2D eigenvalue weighted by atomic mass is 19.3. The number of carbonyl (C=O) groups is 4. The zero-order valence-electron chi connectivity index (χ0n) is 12.2. The molecule has 0 spiro atoms. The molecule has 10 heteroatoms. The molecule has 0 N–H and O–H groups in total. The zero-order valence-corrected chi connectivity index (χ0v) is 12.2. The molecule has 130 valence electrons. The van der Waals surface area contributed by atoms with E-state index in [1.807, 2.05) is 0 Å². The molecule has 24 heavy (non-hydrogen) atoms. The third-order valence-electron chi connectivity index (χ3n) is 3.41. The maximum Gasteiger partial charge on any atom is 0.271 e. The molecular weight excluding hydrogens is 336 g/mol. The minimum absolute atomic E-state index is 0.174. The van der Waals surface area contributed by atoms with Crippen LogP contribution in [-0.4, -0.2) is 58.4 Å². The topological polar surface area (TPSA) is 74.8 Å². The molecule has 0 radical (unpaired) electrons. The van der Waals surface area contributed by atoms with Crippen LogP contribution in [0.5, 0.6) is 0 Å². The van der Waals surface area contributed by atoms with Crippen molar-refractivity contribution < 1.29 is 36.7 Å². The smallest absolute Gasteiger partial charge is 0.271 e. The number of alkyl halides is 4. The Morgan fingerprint density at radius 3 is 1.58 bits per heavy atom. The van der Waals surface area contributed by atoms with Crippen LogP contribution in [0.4, 0.5) is 17.6 Å². The van der Waals surface area contributed by atoms with E-state index < -0.39 is 61.4 Å². The lowest BCUT2D eigenvalue weighted by Crippen LogP contribution is -2.44. The molecule has 0 unspecified atom stereocenters. The summed E-state index contributed by atoms with van der Waals surface area (Å²) in [5, 5.41) is 0. The molecular formula is C14H12F4N2O4. The first kappa shape index (κ1) is 17.8. The first-order valence-electron chi connectivity index (χ1n) is 6.83. The van der Waals surface area contributed by atoms with Crippen LogP contribution in [0, 0.1) is 0 Å². The quantitative estimate of drug-likeness (QED) is 0.506. The fourth-order valence-corrected chi connectivity index (χ4v) is 2.27. The second-order valence-electron chi connectivity index (χ2n) is 5.40. The first-order valence-corrected chi connectivity index (χ1v) is 6.83. The fraction of sp³-hybridized carbons (Fsp3) is 0.429. The number of hydrogen-bond acceptors (Lipinski definition) is 4. The molecule has 0 aromatic heterocycles. The second-order valence-corrected chi connectivity index (χ2v) is 5.40. The molecule has 2 aliphatic heterocycles. The Morgan fingerprint density at radius 2 is 1.12 bits per heavy atom. The van der Waals surface area contributed by atoms with Crippen LogP contribution in [0.15, 0.2) is 24.3 Å². The van der Waals surface area contributed by atoms with Crippen molar-refractivity contribution in [3.8, 4) is 0 Å². The monoisotopic (exact) mass is 348 g/mol. The number of rotatable bonds is 7. The van der Waals surface area contributed by atoms with Crippen molar-refractivity contribution in [2.75, 3.05) is 13.1 Å². The summed E-state index contributed by atoms with van der Waals surface area (Å²) in [6, 6.07) is 0. The molecule has 0 saturated carbocycles. The number of halogens is 4. The molecule has 0 aromatic carbocycles. The second kappa shape index (κ2) is 6.17. The van der Waals surface area contributed by atoms with E-state index in [1.165, 1.54) is 0 Å². The standard InChI is InChI=1S/C14H12F4N2O4/c15-13(16,5-6-19-9(21)1-2-10(19)22)7-14(17,18)8-20-11(23)3-4-12(20)24/h1-4H,5-8H2. The molecule has 2 heterocycles. The lowest BCUT2D eigenvalue weighted by atomic mass is 10.1. The summed E-state index contributed by atoms with van der Waals surface area (Å²) in [5.74, 6) is -11.5. The van der Waals surface area contributed by atoms with Gasteiger partial charge in [-0.3, -0.25) is 29.0 Å². The van der Waals surface area contributed by atoms with Gasteiger partial charge in [0, 0.05) is 37.3 Å². The molecule has 2 aliphatic rings. The third-order valence-corrected chi connectivity index (χ3v) is 3.41. The maximum atomic E-state index is 13.8. The normalized spacial score (nSPS) is 18.5. The molecule has 0 atom stereocenters. The molecule has 0 bridgehead atoms. The summed E-state index contributed by atoms with van der Waals surface area (Å²) in [4.78, 5) is 45.6. The van der Waals surface area contributed by atoms with Gasteiger partial charge >= 0.3 is 0 Å². The number of hydrogen-bond donors (Lipinski definition) is 0. The Kier molecular flexibility index (Phi) is 4.59. The summed E-state index contributed by atoms with van der Waals surface area (Å²) < 4.78 is 55.0. The Hall–Kier alpha value is -2.52. The van der Waals surface area contributed by atoms with Crippen molar-refractivity contribution in [1.82, 2.24) is 9.80 Å². The van der Waals surface area contributed by atoms with Gasteiger partial charge in [0.25, 0.3) is 35.5 Å². The lowest BCUT2D eigenvalue weighted by molar-refractivity contribution is -0.154. The average Bonchev–Trinajstić information content (AvgIpc) is 2.92. The van der Waals surface area contributed by atoms with E-state index in [0.29, 0.717) is 4.90 Å². The first-order chi connectivity index (χ1) is 11.0.